The van der Waals surface area contributed by atoms with Gasteiger partial charge in [0.15, 0.2) is 0 Å². The van der Waals surface area contributed by atoms with Crippen molar-refractivity contribution in [1.82, 2.24) is 29.9 Å². The summed E-state index contributed by atoms with van der Waals surface area (Å²) < 4.78 is 0. The molecule has 20 rings (SSSR count). The molecule has 0 N–H and O–H groups in total. The van der Waals surface area contributed by atoms with Gasteiger partial charge in [0.2, 0.25) is 0 Å². The molecule has 470 valence electrons. The second kappa shape index (κ2) is 24.6. The Morgan fingerprint density at radius 2 is 0.634 bits per heavy atom. The highest BCUT2D eigenvalue weighted by atomic mass is 14.8. The molecule has 6 aromatic heterocycles. The van der Waals surface area contributed by atoms with Gasteiger partial charge in [0, 0.05) is 66.3 Å². The lowest BCUT2D eigenvalue weighted by Gasteiger charge is -2.34. The maximum Gasteiger partial charge on any atom is 0.0978 e. The normalized spacial score (nSPS) is 12.2. The van der Waals surface area contributed by atoms with Crippen molar-refractivity contribution in [1.29, 1.82) is 0 Å². The first-order chi connectivity index (χ1) is 50.1. The van der Waals surface area contributed by atoms with Crippen LogP contribution in [0, 0.1) is 0 Å². The van der Waals surface area contributed by atoms with Gasteiger partial charge in [-0.3, -0.25) is 4.98 Å². The van der Waals surface area contributed by atoms with Crippen LogP contribution in [0.2, 0.25) is 0 Å². The highest BCUT2D eigenvalue weighted by molar-refractivity contribution is 6.18. The number of rotatable bonds is 9. The summed E-state index contributed by atoms with van der Waals surface area (Å²) in [5, 5.41) is 6.65. The number of para-hydroxylation sites is 2. The molecule has 6 heteroatoms. The fourth-order valence-corrected chi connectivity index (χ4v) is 15.5. The second-order valence-corrected chi connectivity index (χ2v) is 26.0. The predicted octanol–water partition coefficient (Wildman–Crippen LogP) is 23.8. The molecule has 6 nitrogen and oxygen atoms in total. The van der Waals surface area contributed by atoms with Crippen LogP contribution < -0.4 is 0 Å². The van der Waals surface area contributed by atoms with E-state index in [9.17, 15) is 0 Å². The molecule has 6 heterocycles. The van der Waals surface area contributed by atoms with E-state index in [-0.39, 0.29) is 0 Å². The summed E-state index contributed by atoms with van der Waals surface area (Å²) in [4.78, 5) is 30.2. The average Bonchev–Trinajstić information content (AvgIpc) is 1.59. The number of aromatic nitrogens is 6. The molecule has 13 aromatic carbocycles. The Labute approximate surface area is 584 Å². The van der Waals surface area contributed by atoms with Crippen LogP contribution >= 0.6 is 0 Å². The van der Waals surface area contributed by atoms with Crippen molar-refractivity contribution in [2.24, 2.45) is 0 Å². The third-order valence-corrected chi connectivity index (χ3v) is 20.2. The molecule has 19 aromatic rings. The molecule has 1 aliphatic rings. The minimum atomic E-state index is -0.429. The molecule has 1 aliphatic carbocycles. The van der Waals surface area contributed by atoms with Crippen molar-refractivity contribution < 1.29 is 0 Å². The van der Waals surface area contributed by atoms with Crippen LogP contribution in [0.15, 0.2) is 364 Å². The third kappa shape index (κ3) is 10.2. The maximum absolute atomic E-state index is 5.31. The van der Waals surface area contributed by atoms with Gasteiger partial charge in [0.25, 0.3) is 0 Å². The van der Waals surface area contributed by atoms with Crippen LogP contribution in [0.1, 0.15) is 22.3 Å². The quantitative estimate of drug-likeness (QED) is 0.106. The van der Waals surface area contributed by atoms with Crippen LogP contribution in [0.4, 0.5) is 0 Å². The smallest absolute Gasteiger partial charge is 0.0978 e. The molecule has 0 fully saturated rings. The standard InChI is InChI=1S/C53H34N2.C42H26N4/c1-4-14-37(15-5-1)50-44-21-11-13-23-49(44)55-52-45(50)32-28-38-30-33-48(54-51(38)52)36-26-24-35(25-27-36)39-29-31-43-42-20-10-12-22-46(42)53(47(43)34-39,40-16-6-2-7-17-40)41-18-8-3-9-19-41;1-2-8-29(9-3-1)40-33-12-4-5-13-37(33)46-42-34(40)21-19-30-20-22-36(45-41(30)42)32-11-6-10-31(26-32)27-15-17-28(18-16-27)35-23-24-38-39(44-35)14-7-25-43-38/h1-34H;1-26H. The van der Waals surface area contributed by atoms with Crippen LogP contribution in [0.25, 0.3) is 166 Å². The second-order valence-electron chi connectivity index (χ2n) is 26.0. The maximum atomic E-state index is 5.31. The number of fused-ring (bicyclic) bond motifs is 12. The number of nitrogens with zero attached hydrogens (tertiary/aromatic N) is 6. The van der Waals surface area contributed by atoms with E-state index in [0.717, 1.165) is 121 Å². The van der Waals surface area contributed by atoms with Crippen molar-refractivity contribution in [3.8, 4) is 89.4 Å². The van der Waals surface area contributed by atoms with Gasteiger partial charge < -0.3 is 0 Å². The fraction of sp³-hybridized carbons (Fsp3) is 0.0105. The van der Waals surface area contributed by atoms with Crippen molar-refractivity contribution >= 4 is 76.5 Å². The molecular formula is C95H60N6. The van der Waals surface area contributed by atoms with Gasteiger partial charge in [-0.25, -0.2) is 24.9 Å². The first-order valence-electron chi connectivity index (χ1n) is 34.3. The van der Waals surface area contributed by atoms with E-state index in [0.29, 0.717) is 0 Å². The van der Waals surface area contributed by atoms with Gasteiger partial charge in [-0.05, 0) is 127 Å². The van der Waals surface area contributed by atoms with Gasteiger partial charge in [0.1, 0.15) is 0 Å². The summed E-state index contributed by atoms with van der Waals surface area (Å²) in [7, 11) is 0. The Morgan fingerprint density at radius 3 is 1.22 bits per heavy atom. The highest BCUT2D eigenvalue weighted by Crippen LogP contribution is 2.57. The van der Waals surface area contributed by atoms with Gasteiger partial charge in [-0.2, -0.15) is 0 Å². The lowest BCUT2D eigenvalue weighted by atomic mass is 9.67. The predicted molar refractivity (Wildman–Crippen MR) is 418 cm³/mol. The largest absolute Gasteiger partial charge is 0.255 e. The molecule has 0 aliphatic heterocycles. The summed E-state index contributed by atoms with van der Waals surface area (Å²) in [6.07, 6.45) is 1.79. The van der Waals surface area contributed by atoms with E-state index >= 15 is 0 Å². The summed E-state index contributed by atoms with van der Waals surface area (Å²) in [5.74, 6) is 0. The summed E-state index contributed by atoms with van der Waals surface area (Å²) in [5.41, 5.74) is 30.1. The summed E-state index contributed by atoms with van der Waals surface area (Å²) in [6.45, 7) is 0. The number of hydrogen-bond donors (Lipinski definition) is 0. The first-order valence-corrected chi connectivity index (χ1v) is 34.3. The molecule has 0 amide bonds. The molecule has 101 heavy (non-hydrogen) atoms. The molecule has 0 atom stereocenters. The summed E-state index contributed by atoms with van der Waals surface area (Å²) in [6, 6.07) is 127. The topological polar surface area (TPSA) is 77.3 Å². The van der Waals surface area contributed by atoms with E-state index in [1.54, 1.807) is 6.20 Å². The van der Waals surface area contributed by atoms with E-state index in [2.05, 4.69) is 333 Å². The first kappa shape index (κ1) is 58.9. The van der Waals surface area contributed by atoms with E-state index in [1.807, 2.05) is 30.3 Å². The van der Waals surface area contributed by atoms with Crippen LogP contribution in [0.5, 0.6) is 0 Å². The highest BCUT2D eigenvalue weighted by Gasteiger charge is 2.46. The van der Waals surface area contributed by atoms with Crippen molar-refractivity contribution in [3.05, 3.63) is 386 Å². The molecule has 0 saturated carbocycles. The van der Waals surface area contributed by atoms with Gasteiger partial charge >= 0.3 is 0 Å². The Balaban J connectivity index is 0.000000142. The number of hydrogen-bond acceptors (Lipinski definition) is 6. The molecule has 0 radical (unpaired) electrons. The van der Waals surface area contributed by atoms with E-state index in [1.165, 1.54) is 66.8 Å². The SMILES string of the molecule is c1ccc(-c2c3ccccc3nc3c2ccc2ccc(-c4ccc(-c5ccc6c(c5)C(c5ccccc5)(c5ccccc5)c5ccccc5-6)cc4)nc23)cc1.c1ccc(-c2c3ccccc3nc3c2ccc2ccc(-c4cccc(-c5ccc(-c6ccc7ncccc7n6)cc5)c4)nc23)cc1. The van der Waals surface area contributed by atoms with Gasteiger partial charge in [0.05, 0.1) is 66.6 Å². The zero-order valence-electron chi connectivity index (χ0n) is 54.8. The van der Waals surface area contributed by atoms with Crippen molar-refractivity contribution in [3.63, 3.8) is 0 Å². The Hall–Kier alpha value is -13.4. The van der Waals surface area contributed by atoms with Gasteiger partial charge in [-0.1, -0.05) is 297 Å². The Bertz CT molecular complexity index is 6380. The summed E-state index contributed by atoms with van der Waals surface area (Å²) >= 11 is 0. The molecular weight excluding hydrogens is 1230 g/mol. The minimum Gasteiger partial charge on any atom is -0.255 e. The molecule has 0 saturated heterocycles. The van der Waals surface area contributed by atoms with Crippen LogP contribution in [0.3, 0.4) is 0 Å². The third-order valence-electron chi connectivity index (χ3n) is 20.2. The zero-order chi connectivity index (χ0) is 66.8. The van der Waals surface area contributed by atoms with E-state index in [4.69, 9.17) is 24.9 Å². The fourth-order valence-electron chi connectivity index (χ4n) is 15.5. The number of benzene rings is 13. The van der Waals surface area contributed by atoms with Crippen LogP contribution in [-0.2, 0) is 5.41 Å². The lowest BCUT2D eigenvalue weighted by molar-refractivity contribution is 0.769. The molecule has 0 spiro atoms. The van der Waals surface area contributed by atoms with Crippen molar-refractivity contribution in [2.45, 2.75) is 5.41 Å². The average molecular weight is 1290 g/mol. The van der Waals surface area contributed by atoms with E-state index < -0.39 is 5.41 Å². The van der Waals surface area contributed by atoms with Gasteiger partial charge in [-0.15, -0.1) is 0 Å². The Kier molecular flexibility index (Phi) is 14.3. The molecule has 0 unspecified atom stereocenters. The minimum absolute atomic E-state index is 0.429. The number of pyridine rings is 6. The van der Waals surface area contributed by atoms with Crippen LogP contribution in [-0.4, -0.2) is 29.9 Å². The zero-order valence-corrected chi connectivity index (χ0v) is 54.8. The Morgan fingerprint density at radius 1 is 0.208 bits per heavy atom. The van der Waals surface area contributed by atoms with Crippen molar-refractivity contribution in [2.75, 3.05) is 0 Å². The lowest BCUT2D eigenvalue weighted by Crippen LogP contribution is -2.28. The molecule has 0 bridgehead atoms. The monoisotopic (exact) mass is 1280 g/mol.